The number of carboxylic acid groups (broad SMARTS) is 1. The number of hydrogen-bond donors (Lipinski definition) is 1. The van der Waals surface area contributed by atoms with E-state index in [4.69, 9.17) is 5.11 Å². The quantitative estimate of drug-likeness (QED) is 0.803. The van der Waals surface area contributed by atoms with E-state index in [1.165, 1.54) is 5.56 Å². The first-order chi connectivity index (χ1) is 9.08. The number of rotatable bonds is 4. The van der Waals surface area contributed by atoms with E-state index in [0.717, 1.165) is 17.7 Å². The number of aromatic carboxylic acids is 1. The summed E-state index contributed by atoms with van der Waals surface area (Å²) in [5, 5.41) is 8.91. The molecule has 0 saturated carbocycles. The van der Waals surface area contributed by atoms with Gasteiger partial charge in [0, 0.05) is 6.54 Å². The second-order valence-electron chi connectivity index (χ2n) is 4.78. The fourth-order valence-electron chi connectivity index (χ4n) is 2.07. The molecule has 100 valence electrons. The molecule has 2 rings (SSSR count). The number of hydrogen-bond acceptors (Lipinski definition) is 2. The summed E-state index contributed by atoms with van der Waals surface area (Å²) in [5.74, 6) is -0.895. The molecule has 0 amide bonds. The van der Waals surface area contributed by atoms with E-state index in [-0.39, 0.29) is 20.3 Å². The van der Waals surface area contributed by atoms with Crippen molar-refractivity contribution in [3.63, 3.8) is 0 Å². The minimum atomic E-state index is -0.895. The normalized spacial score (nSPS) is 10.2. The average Bonchev–Trinajstić information content (AvgIpc) is 2.39. The van der Waals surface area contributed by atoms with Gasteiger partial charge in [0.25, 0.3) is 0 Å². The van der Waals surface area contributed by atoms with E-state index in [1.54, 1.807) is 12.1 Å². The molecule has 0 bridgehead atoms. The van der Waals surface area contributed by atoms with Crippen molar-refractivity contribution in [2.45, 2.75) is 6.54 Å². The molecule has 0 heterocycles. The molecule has 2 aromatic rings. The fourth-order valence-corrected chi connectivity index (χ4v) is 2.07. The summed E-state index contributed by atoms with van der Waals surface area (Å²) in [6.45, 7) is 0.858. The number of carbonyl (C=O) groups is 1. The van der Waals surface area contributed by atoms with Gasteiger partial charge >= 0.3 is 24.8 Å². The van der Waals surface area contributed by atoms with Crippen molar-refractivity contribution in [2.24, 2.45) is 0 Å². The van der Waals surface area contributed by atoms with Gasteiger partial charge in [-0.1, -0.05) is 36.4 Å². The third-order valence-electron chi connectivity index (χ3n) is 2.95. The standard InChI is InChI=1S/C16H17NO2.Li.H/c1-17(2)11-14-5-3-4-6-15(14)12-7-9-13(10-8-12)16(18)19;;/h3-10H,11H2,1-2H3,(H,18,19);;/q;+1;-1. The molecule has 0 aromatic heterocycles. The maximum Gasteiger partial charge on any atom is 1.00 e. The van der Waals surface area contributed by atoms with Gasteiger partial charge < -0.3 is 11.4 Å². The zero-order chi connectivity index (χ0) is 13.8. The molecule has 0 atom stereocenters. The molecular formula is C16H18LiNO2. The zero-order valence-electron chi connectivity index (χ0n) is 13.1. The van der Waals surface area contributed by atoms with Crippen LogP contribution in [-0.4, -0.2) is 30.1 Å². The minimum Gasteiger partial charge on any atom is -1.00 e. The maximum atomic E-state index is 10.9. The fraction of sp³-hybridized carbons (Fsp3) is 0.188. The Labute approximate surface area is 132 Å². The minimum absolute atomic E-state index is 0. The van der Waals surface area contributed by atoms with Crippen LogP contribution in [0.5, 0.6) is 0 Å². The first-order valence-corrected chi connectivity index (χ1v) is 6.14. The van der Waals surface area contributed by atoms with E-state index in [2.05, 4.69) is 17.0 Å². The van der Waals surface area contributed by atoms with Crippen LogP contribution in [0.2, 0.25) is 0 Å². The Morgan fingerprint density at radius 3 is 2.25 bits per heavy atom. The molecule has 0 aliphatic heterocycles. The summed E-state index contributed by atoms with van der Waals surface area (Å²) >= 11 is 0. The van der Waals surface area contributed by atoms with Crippen molar-refractivity contribution in [2.75, 3.05) is 14.1 Å². The van der Waals surface area contributed by atoms with Crippen LogP contribution < -0.4 is 18.9 Å². The summed E-state index contributed by atoms with van der Waals surface area (Å²) in [5.41, 5.74) is 3.74. The van der Waals surface area contributed by atoms with Crippen LogP contribution in [0.1, 0.15) is 17.3 Å². The monoisotopic (exact) mass is 263 g/mol. The van der Waals surface area contributed by atoms with Gasteiger partial charge in [0.1, 0.15) is 0 Å². The second-order valence-corrected chi connectivity index (χ2v) is 4.78. The molecule has 0 radical (unpaired) electrons. The summed E-state index contributed by atoms with van der Waals surface area (Å²) in [4.78, 5) is 13.0. The van der Waals surface area contributed by atoms with Crippen molar-refractivity contribution in [1.82, 2.24) is 4.90 Å². The predicted molar refractivity (Wildman–Crippen MR) is 77.3 cm³/mol. The van der Waals surface area contributed by atoms with E-state index in [1.807, 2.05) is 38.4 Å². The van der Waals surface area contributed by atoms with Crippen LogP contribution in [0.3, 0.4) is 0 Å². The van der Waals surface area contributed by atoms with Crippen molar-refractivity contribution >= 4 is 5.97 Å². The molecule has 0 aliphatic carbocycles. The topological polar surface area (TPSA) is 40.5 Å². The van der Waals surface area contributed by atoms with Gasteiger partial charge in [-0.15, -0.1) is 0 Å². The second kappa shape index (κ2) is 7.30. The van der Waals surface area contributed by atoms with Crippen LogP contribution >= 0.6 is 0 Å². The van der Waals surface area contributed by atoms with E-state index in [9.17, 15) is 4.79 Å². The van der Waals surface area contributed by atoms with Gasteiger partial charge in [-0.3, -0.25) is 0 Å². The van der Waals surface area contributed by atoms with Crippen LogP contribution in [0.15, 0.2) is 48.5 Å². The van der Waals surface area contributed by atoms with Crippen LogP contribution in [0, 0.1) is 0 Å². The van der Waals surface area contributed by atoms with Crippen LogP contribution in [0.25, 0.3) is 11.1 Å². The maximum absolute atomic E-state index is 10.9. The smallest absolute Gasteiger partial charge is 1.00 e. The predicted octanol–water partition coefficient (Wildman–Crippen LogP) is 0.230. The Balaban J connectivity index is 0.00000200. The van der Waals surface area contributed by atoms with Gasteiger partial charge in [0.2, 0.25) is 0 Å². The van der Waals surface area contributed by atoms with E-state index < -0.39 is 5.97 Å². The Kier molecular flexibility index (Phi) is 6.03. The number of nitrogens with zero attached hydrogens (tertiary/aromatic N) is 1. The summed E-state index contributed by atoms with van der Waals surface area (Å²) in [6.07, 6.45) is 0. The van der Waals surface area contributed by atoms with Gasteiger partial charge in [-0.2, -0.15) is 0 Å². The third kappa shape index (κ3) is 3.98. The molecule has 0 spiro atoms. The molecule has 1 N–H and O–H groups in total. The molecule has 4 heteroatoms. The van der Waals surface area contributed by atoms with Gasteiger partial charge in [0.15, 0.2) is 0 Å². The SMILES string of the molecule is CN(C)Cc1ccccc1-c1ccc(C(=O)O)cc1.[H-].[Li+]. The Bertz CT molecular complexity index is 585. The Morgan fingerprint density at radius 2 is 1.70 bits per heavy atom. The van der Waals surface area contributed by atoms with Crippen LogP contribution in [-0.2, 0) is 6.54 Å². The largest absolute Gasteiger partial charge is 1.00 e. The van der Waals surface area contributed by atoms with E-state index >= 15 is 0 Å². The number of benzene rings is 2. The zero-order valence-corrected chi connectivity index (χ0v) is 12.1. The average molecular weight is 263 g/mol. The van der Waals surface area contributed by atoms with E-state index in [0.29, 0.717) is 5.56 Å². The van der Waals surface area contributed by atoms with Gasteiger partial charge in [-0.05, 0) is 42.9 Å². The molecule has 0 unspecified atom stereocenters. The first-order valence-electron chi connectivity index (χ1n) is 6.14. The first kappa shape index (κ1) is 16.5. The summed E-state index contributed by atoms with van der Waals surface area (Å²) < 4.78 is 0. The molecule has 2 aromatic carbocycles. The van der Waals surface area contributed by atoms with Gasteiger partial charge in [0.05, 0.1) is 5.56 Å². The molecule has 20 heavy (non-hydrogen) atoms. The van der Waals surface area contributed by atoms with Crippen molar-refractivity contribution in [1.29, 1.82) is 0 Å². The molecule has 3 nitrogen and oxygen atoms in total. The Morgan fingerprint density at radius 1 is 1.10 bits per heavy atom. The summed E-state index contributed by atoms with van der Waals surface area (Å²) in [7, 11) is 4.06. The third-order valence-corrected chi connectivity index (χ3v) is 2.95. The Hall–Kier alpha value is -1.53. The molecule has 0 aliphatic rings. The van der Waals surface area contributed by atoms with Crippen molar-refractivity contribution in [3.8, 4) is 11.1 Å². The van der Waals surface area contributed by atoms with Crippen molar-refractivity contribution < 1.29 is 30.2 Å². The molecule has 0 saturated heterocycles. The summed E-state index contributed by atoms with van der Waals surface area (Å²) in [6, 6.07) is 15.2. The molecular weight excluding hydrogens is 245 g/mol. The number of carboxylic acids is 1. The molecule has 0 fully saturated rings. The van der Waals surface area contributed by atoms with Crippen molar-refractivity contribution in [3.05, 3.63) is 59.7 Å². The van der Waals surface area contributed by atoms with Crippen LogP contribution in [0.4, 0.5) is 0 Å². The van der Waals surface area contributed by atoms with Gasteiger partial charge in [-0.25, -0.2) is 4.79 Å².